The quantitative estimate of drug-likeness (QED) is 0.0475. The lowest BCUT2D eigenvalue weighted by Gasteiger charge is -2.16. The normalized spacial score (nSPS) is 11.7. The summed E-state index contributed by atoms with van der Waals surface area (Å²) in [4.78, 5) is 14.6. The Labute approximate surface area is 405 Å². The SMILES string of the molecule is CCCCCCc1ccsc1-c1ccc(-c2ccc(-c3sc(-c4c(C)cc(C)c(-c5cc(CCCCCC)c(-c6sccc6CCCCCC)s5)c4C)cc3CCCCCC)s2)s1. The van der Waals surface area contributed by atoms with Crippen molar-refractivity contribution in [1.29, 1.82) is 0 Å². The Morgan fingerprint density at radius 2 is 0.730 bits per heavy atom. The molecule has 0 fully saturated rings. The van der Waals surface area contributed by atoms with Gasteiger partial charge < -0.3 is 0 Å². The smallest absolute Gasteiger partial charge is 0.0483 e. The predicted octanol–water partition coefficient (Wildman–Crippen LogP) is 21.5. The van der Waals surface area contributed by atoms with Crippen LogP contribution in [0.1, 0.15) is 169 Å². The molecule has 1 aromatic carbocycles. The molecule has 0 saturated carbocycles. The number of aryl methyl sites for hydroxylation is 6. The minimum atomic E-state index is 1.15. The zero-order valence-electron chi connectivity index (χ0n) is 39.4. The summed E-state index contributed by atoms with van der Waals surface area (Å²) in [5, 5.41) is 4.65. The number of hydrogen-bond donors (Lipinski definition) is 0. The van der Waals surface area contributed by atoms with Gasteiger partial charge in [-0.2, -0.15) is 0 Å². The lowest BCUT2D eigenvalue weighted by atomic mass is 9.91. The number of thiophene rings is 6. The second kappa shape index (κ2) is 24.3. The Morgan fingerprint density at radius 1 is 0.333 bits per heavy atom. The molecule has 7 aromatic rings. The monoisotopic (exact) mass is 948 g/mol. The van der Waals surface area contributed by atoms with Crippen molar-refractivity contribution in [1.82, 2.24) is 0 Å². The van der Waals surface area contributed by atoms with Gasteiger partial charge in [-0.3, -0.25) is 0 Å². The van der Waals surface area contributed by atoms with Gasteiger partial charge in [-0.05, 0) is 181 Å². The summed E-state index contributed by atoms with van der Waals surface area (Å²) in [5.74, 6) is 0. The van der Waals surface area contributed by atoms with Crippen LogP contribution in [0.5, 0.6) is 0 Å². The van der Waals surface area contributed by atoms with Crippen molar-refractivity contribution in [3.8, 4) is 59.9 Å². The van der Waals surface area contributed by atoms with Gasteiger partial charge in [-0.25, -0.2) is 0 Å². The Bertz CT molecular complexity index is 2470. The van der Waals surface area contributed by atoms with Crippen LogP contribution in [0.2, 0.25) is 0 Å². The molecule has 0 atom stereocenters. The van der Waals surface area contributed by atoms with Crippen LogP contribution in [-0.2, 0) is 25.7 Å². The molecule has 0 unspecified atom stereocenters. The first-order chi connectivity index (χ1) is 30.8. The summed E-state index contributed by atoms with van der Waals surface area (Å²) in [7, 11) is 0. The first-order valence-corrected chi connectivity index (χ1v) is 29.6. The molecule has 63 heavy (non-hydrogen) atoms. The molecule has 0 amide bonds. The Kier molecular flexibility index (Phi) is 18.6. The van der Waals surface area contributed by atoms with Crippen molar-refractivity contribution in [3.63, 3.8) is 0 Å². The van der Waals surface area contributed by atoms with Gasteiger partial charge in [0.05, 0.1) is 0 Å². The van der Waals surface area contributed by atoms with Crippen LogP contribution in [0.15, 0.2) is 65.4 Å². The largest absolute Gasteiger partial charge is 0.143 e. The molecule has 0 spiro atoms. The Hall–Kier alpha value is -2.58. The fraction of sp³-hybridized carbons (Fsp3) is 0.474. The number of hydrogen-bond acceptors (Lipinski definition) is 6. The highest BCUT2D eigenvalue weighted by molar-refractivity contribution is 7.29. The number of benzene rings is 1. The molecule has 0 aliphatic carbocycles. The average molecular weight is 950 g/mol. The standard InChI is InChI=1S/C57H72S6/c1-8-12-16-20-24-42-32-34-58-54(42)48-30-28-46(60-48)47-29-31-49(61-47)55-44(26-22-18-14-10-3)37-50(62-55)52-39(5)36-40(6)53(41(52)7)51-38-45(27-23-19-15-11-4)57(63-51)56-43(33-35-59-56)25-21-17-13-9-2/h28-38H,8-27H2,1-7H3. The summed E-state index contributed by atoms with van der Waals surface area (Å²) in [6, 6.07) is 22.1. The van der Waals surface area contributed by atoms with E-state index < -0.39 is 0 Å². The molecule has 7 rings (SSSR count). The molecule has 336 valence electrons. The zero-order chi connectivity index (χ0) is 44.1. The summed E-state index contributed by atoms with van der Waals surface area (Å²) in [5.41, 5.74) is 13.4. The summed E-state index contributed by atoms with van der Waals surface area (Å²) < 4.78 is 0. The highest BCUT2D eigenvalue weighted by atomic mass is 32.1. The van der Waals surface area contributed by atoms with Crippen molar-refractivity contribution in [2.45, 2.75) is 177 Å². The molecule has 6 aromatic heterocycles. The van der Waals surface area contributed by atoms with Gasteiger partial charge in [0.1, 0.15) is 0 Å². The van der Waals surface area contributed by atoms with Gasteiger partial charge in [0.25, 0.3) is 0 Å². The highest BCUT2D eigenvalue weighted by Gasteiger charge is 2.23. The van der Waals surface area contributed by atoms with Crippen LogP contribution in [-0.4, -0.2) is 0 Å². The van der Waals surface area contributed by atoms with Crippen LogP contribution in [0, 0.1) is 20.8 Å². The van der Waals surface area contributed by atoms with Gasteiger partial charge >= 0.3 is 0 Å². The van der Waals surface area contributed by atoms with Crippen molar-refractivity contribution >= 4 is 68.0 Å². The van der Waals surface area contributed by atoms with Crippen molar-refractivity contribution in [2.24, 2.45) is 0 Å². The fourth-order valence-corrected chi connectivity index (χ4v) is 16.7. The first kappa shape index (κ1) is 48.4. The highest BCUT2D eigenvalue weighted by Crippen LogP contribution is 2.50. The Morgan fingerprint density at radius 3 is 1.22 bits per heavy atom. The van der Waals surface area contributed by atoms with Crippen LogP contribution in [0.4, 0.5) is 0 Å². The third kappa shape index (κ3) is 12.1. The van der Waals surface area contributed by atoms with Crippen molar-refractivity contribution in [2.75, 3.05) is 0 Å². The fourth-order valence-electron chi connectivity index (χ4n) is 9.45. The van der Waals surface area contributed by atoms with Crippen LogP contribution in [0.25, 0.3) is 59.9 Å². The number of unbranched alkanes of at least 4 members (excludes halogenated alkanes) is 12. The molecule has 0 radical (unpaired) electrons. The lowest BCUT2D eigenvalue weighted by Crippen LogP contribution is -1.94. The third-order valence-corrected chi connectivity index (χ3v) is 20.1. The topological polar surface area (TPSA) is 0 Å². The molecule has 0 N–H and O–H groups in total. The minimum Gasteiger partial charge on any atom is -0.143 e. The van der Waals surface area contributed by atoms with E-state index in [9.17, 15) is 0 Å². The lowest BCUT2D eigenvalue weighted by molar-refractivity contribution is 0.666. The molecule has 0 saturated heterocycles. The van der Waals surface area contributed by atoms with E-state index in [2.05, 4.69) is 125 Å². The van der Waals surface area contributed by atoms with Gasteiger partial charge in [0.15, 0.2) is 0 Å². The summed E-state index contributed by atoms with van der Waals surface area (Å²) in [6.45, 7) is 16.4. The van der Waals surface area contributed by atoms with Crippen molar-refractivity contribution < 1.29 is 0 Å². The molecule has 6 heterocycles. The molecular formula is C57H72S6. The maximum Gasteiger partial charge on any atom is 0.0483 e. The summed E-state index contributed by atoms with van der Waals surface area (Å²) in [6.07, 6.45) is 25.6. The van der Waals surface area contributed by atoms with Crippen LogP contribution < -0.4 is 0 Å². The molecule has 6 heteroatoms. The van der Waals surface area contributed by atoms with E-state index in [1.807, 2.05) is 56.7 Å². The van der Waals surface area contributed by atoms with E-state index >= 15 is 0 Å². The summed E-state index contributed by atoms with van der Waals surface area (Å²) >= 11 is 12.0. The molecule has 0 aliphatic heterocycles. The van der Waals surface area contributed by atoms with Crippen LogP contribution >= 0.6 is 68.0 Å². The van der Waals surface area contributed by atoms with E-state index in [0.717, 1.165) is 6.42 Å². The van der Waals surface area contributed by atoms with Gasteiger partial charge in [-0.15, -0.1) is 68.0 Å². The van der Waals surface area contributed by atoms with Gasteiger partial charge in [0, 0.05) is 48.8 Å². The first-order valence-electron chi connectivity index (χ1n) is 24.6. The third-order valence-electron chi connectivity index (χ3n) is 12.9. The van der Waals surface area contributed by atoms with E-state index in [4.69, 9.17) is 0 Å². The average Bonchev–Trinajstić information content (AvgIpc) is 4.14. The van der Waals surface area contributed by atoms with Crippen LogP contribution in [0.3, 0.4) is 0 Å². The van der Waals surface area contributed by atoms with E-state index in [-0.39, 0.29) is 0 Å². The molecule has 0 nitrogen and oxygen atoms in total. The molecule has 0 aliphatic rings. The van der Waals surface area contributed by atoms with Gasteiger partial charge in [-0.1, -0.05) is 111 Å². The second-order valence-corrected chi connectivity index (χ2v) is 24.0. The molecular weight excluding hydrogens is 877 g/mol. The molecule has 0 bridgehead atoms. The van der Waals surface area contributed by atoms with E-state index in [1.165, 1.54) is 205 Å². The Balaban J connectivity index is 1.22. The van der Waals surface area contributed by atoms with E-state index in [0.29, 0.717) is 0 Å². The maximum atomic E-state index is 2.61. The van der Waals surface area contributed by atoms with E-state index in [1.54, 1.807) is 16.0 Å². The zero-order valence-corrected chi connectivity index (χ0v) is 44.3. The predicted molar refractivity (Wildman–Crippen MR) is 292 cm³/mol. The maximum absolute atomic E-state index is 2.61. The number of rotatable bonds is 26. The minimum absolute atomic E-state index is 1.15. The van der Waals surface area contributed by atoms with Crippen molar-refractivity contribution in [3.05, 3.63) is 104 Å². The second-order valence-electron chi connectivity index (χ2n) is 17.9. The van der Waals surface area contributed by atoms with Gasteiger partial charge in [0.2, 0.25) is 0 Å².